The highest BCUT2D eigenvalue weighted by atomic mass is 16.7. The van der Waals surface area contributed by atoms with E-state index in [1.165, 1.54) is 30.5 Å². The lowest BCUT2D eigenvalue weighted by Gasteiger charge is -2.17. The third kappa shape index (κ3) is 11.1. The number of rotatable bonds is 16. The van der Waals surface area contributed by atoms with Crippen molar-refractivity contribution in [3.63, 3.8) is 0 Å². The van der Waals surface area contributed by atoms with Crippen molar-refractivity contribution >= 4 is 69.1 Å². The van der Waals surface area contributed by atoms with Crippen molar-refractivity contribution in [1.29, 1.82) is 5.41 Å². The summed E-state index contributed by atoms with van der Waals surface area (Å²) in [5.74, 6) is -4.30. The summed E-state index contributed by atoms with van der Waals surface area (Å²) in [6.45, 7) is 5.70. The fraction of sp³-hybridized carbons (Fsp3) is 0.136. The molecule has 0 spiro atoms. The van der Waals surface area contributed by atoms with Crippen LogP contribution in [0.2, 0.25) is 0 Å². The Bertz CT molecular complexity index is 3040. The van der Waals surface area contributed by atoms with Gasteiger partial charge in [-0.25, -0.2) is 25.0 Å². The molecule has 2 aliphatic rings. The predicted molar refractivity (Wildman–Crippen MR) is 237 cm³/mol. The number of nitrogens with zero attached hydrogens (tertiary/aromatic N) is 3. The number of fused-ring (bicyclic) bond motifs is 3. The van der Waals surface area contributed by atoms with Gasteiger partial charge >= 0.3 is 11.9 Å². The Kier molecular flexibility index (Phi) is 14.2. The molecule has 0 fully saturated rings. The molecule has 1 unspecified atom stereocenters. The van der Waals surface area contributed by atoms with Crippen LogP contribution in [0.25, 0.3) is 44.6 Å². The van der Waals surface area contributed by atoms with E-state index in [1.54, 1.807) is 54.6 Å². The van der Waals surface area contributed by atoms with Gasteiger partial charge < -0.3 is 47.5 Å². The quantitative estimate of drug-likeness (QED) is 0.0166. The van der Waals surface area contributed by atoms with Crippen LogP contribution < -0.4 is 43.8 Å². The van der Waals surface area contributed by atoms with E-state index in [-0.39, 0.29) is 59.4 Å². The molecule has 65 heavy (non-hydrogen) atoms. The van der Waals surface area contributed by atoms with Gasteiger partial charge in [0.25, 0.3) is 11.5 Å². The van der Waals surface area contributed by atoms with E-state index in [0.29, 0.717) is 56.1 Å². The number of aromatic amines is 1. The summed E-state index contributed by atoms with van der Waals surface area (Å²) >= 11 is 0. The molecule has 7 rings (SSSR count). The number of H-pyrrole nitrogens is 1. The van der Waals surface area contributed by atoms with Crippen molar-refractivity contribution in [1.82, 2.24) is 36.0 Å². The average Bonchev–Trinajstić information content (AvgIpc) is 3.28. The maximum absolute atomic E-state index is 12.9. The highest BCUT2D eigenvalue weighted by Gasteiger charge is 2.24. The van der Waals surface area contributed by atoms with Gasteiger partial charge in [0, 0.05) is 52.0 Å². The number of nitrogens with one attached hydrogen (secondary N) is 6. The molecule has 21 nitrogen and oxygen atoms in total. The number of aliphatic carboxylic acids is 1. The van der Waals surface area contributed by atoms with E-state index in [9.17, 15) is 39.0 Å². The number of carbonyl (C=O) groups is 5. The van der Waals surface area contributed by atoms with Crippen LogP contribution in [-0.4, -0.2) is 72.6 Å². The van der Waals surface area contributed by atoms with E-state index in [0.717, 1.165) is 0 Å². The number of hydroxylamine groups is 1. The molecule has 0 saturated carbocycles. The minimum atomic E-state index is -1.41. The molecule has 0 saturated heterocycles. The number of aromatic nitrogens is 4. The fourth-order valence-corrected chi connectivity index (χ4v) is 6.60. The summed E-state index contributed by atoms with van der Waals surface area (Å²) in [6, 6.07) is 19.0. The van der Waals surface area contributed by atoms with Crippen LogP contribution in [-0.2, 0) is 32.2 Å². The third-order valence-electron chi connectivity index (χ3n) is 9.59. The van der Waals surface area contributed by atoms with Crippen LogP contribution >= 0.6 is 0 Å². The second kappa shape index (κ2) is 20.3. The largest absolute Gasteiger partial charge is 0.480 e. The molecule has 1 aliphatic heterocycles. The van der Waals surface area contributed by atoms with Gasteiger partial charge in [-0.15, -0.1) is 13.2 Å². The number of carboxylic acid groups (broad SMARTS) is 2. The second-order valence-electron chi connectivity index (χ2n) is 14.0. The standard InChI is InChI=1S/C42H37N11O10.C2H4/c43-22-4-9-27-31(15-22)63-32-16-23(44)5-10-28(32)35(27)26-8-1-20(13-29(26)40(58)59)14-34(55)53-62-19-48-33(54)12-11-30(41(60)61)50-38(56)21-2-6-24(7-3-21)46-17-25-18-47-37-36(49-25)39(57)52-42(45)51-37;1-2/h1-10,13,15-16,18,30,43,46H,11-12,14,17,19,44H2,(H,48,54)(H,50,56)(H,53,55)(H,58,59)(H,60,61)(H3,45,47,51,52,57);1-2H2. The molecule has 3 amide bonds. The monoisotopic (exact) mass is 883 g/mol. The van der Waals surface area contributed by atoms with Gasteiger partial charge in [-0.3, -0.25) is 29.0 Å². The summed E-state index contributed by atoms with van der Waals surface area (Å²) in [4.78, 5) is 94.4. The Labute approximate surface area is 367 Å². The number of benzene rings is 4. The Morgan fingerprint density at radius 2 is 1.66 bits per heavy atom. The molecular formula is C44H41N11O10. The lowest BCUT2D eigenvalue weighted by atomic mass is 9.89. The normalized spacial score (nSPS) is 11.3. The highest BCUT2D eigenvalue weighted by molar-refractivity contribution is 6.08. The first-order valence-electron chi connectivity index (χ1n) is 19.5. The highest BCUT2D eigenvalue weighted by Crippen LogP contribution is 2.41. The second-order valence-corrected chi connectivity index (χ2v) is 14.0. The first-order valence-corrected chi connectivity index (χ1v) is 19.5. The fourth-order valence-electron chi connectivity index (χ4n) is 6.60. The molecular weight excluding hydrogens is 843 g/mol. The Balaban J connectivity index is 0.00000345. The molecule has 332 valence electrons. The summed E-state index contributed by atoms with van der Waals surface area (Å²) < 4.78 is 6.01. The third-order valence-corrected chi connectivity index (χ3v) is 9.59. The molecule has 3 aromatic carbocycles. The number of amides is 3. The SMILES string of the molecule is C=C.N=c1ccc2c(-c3ccc(CC(=O)NOCNC(=O)CCC(NC(=O)c4ccc(NCc5cnc6nc(N)[nH]c(=O)c6n5)cc4)C(=O)O)cc3C(=O)O)c3ccc(N)cc3oc-2c1. The number of aromatic carboxylic acids is 1. The van der Waals surface area contributed by atoms with Crippen molar-refractivity contribution in [2.24, 2.45) is 0 Å². The number of carboxylic acids is 2. The van der Waals surface area contributed by atoms with Crippen LogP contribution in [0.3, 0.4) is 0 Å². The lowest BCUT2D eigenvalue weighted by Crippen LogP contribution is -2.42. The van der Waals surface area contributed by atoms with Crippen molar-refractivity contribution in [3.8, 4) is 22.5 Å². The van der Waals surface area contributed by atoms with Gasteiger partial charge in [-0.1, -0.05) is 12.1 Å². The van der Waals surface area contributed by atoms with Crippen molar-refractivity contribution in [3.05, 3.63) is 136 Å². The van der Waals surface area contributed by atoms with E-state index < -0.39 is 48.0 Å². The number of nitrogens with two attached hydrogens (primary N) is 2. The lowest BCUT2D eigenvalue weighted by molar-refractivity contribution is -0.140. The van der Waals surface area contributed by atoms with E-state index >= 15 is 0 Å². The molecule has 3 heterocycles. The zero-order valence-corrected chi connectivity index (χ0v) is 34.3. The van der Waals surface area contributed by atoms with E-state index in [2.05, 4.69) is 54.5 Å². The first-order chi connectivity index (χ1) is 31.2. The number of carbonyl (C=O) groups excluding carboxylic acids is 3. The van der Waals surface area contributed by atoms with Gasteiger partial charge in [0.2, 0.25) is 17.8 Å². The summed E-state index contributed by atoms with van der Waals surface area (Å²) in [5.41, 5.74) is 17.0. The topological polar surface area (TPSA) is 344 Å². The summed E-state index contributed by atoms with van der Waals surface area (Å²) in [5, 5.41) is 36.6. The zero-order chi connectivity index (χ0) is 46.8. The number of hydrogen-bond acceptors (Lipinski definition) is 15. The molecule has 0 bridgehead atoms. The van der Waals surface area contributed by atoms with Crippen molar-refractivity contribution in [2.45, 2.75) is 31.8 Å². The Morgan fingerprint density at radius 3 is 2.40 bits per heavy atom. The van der Waals surface area contributed by atoms with Gasteiger partial charge in [0.15, 0.2) is 11.2 Å². The average molecular weight is 884 g/mol. The van der Waals surface area contributed by atoms with Gasteiger partial charge in [0.1, 0.15) is 24.1 Å². The summed E-state index contributed by atoms with van der Waals surface area (Å²) in [6.07, 6.45) is 0.578. The first kappa shape index (κ1) is 45.5. The Hall–Kier alpha value is -8.98. The van der Waals surface area contributed by atoms with Crippen LogP contribution in [0.1, 0.15) is 44.8 Å². The van der Waals surface area contributed by atoms with Crippen LogP contribution in [0.15, 0.2) is 107 Å². The summed E-state index contributed by atoms with van der Waals surface area (Å²) in [7, 11) is 0. The molecule has 5 aromatic rings. The zero-order valence-electron chi connectivity index (χ0n) is 34.3. The number of nitrogen functional groups attached to an aromatic ring is 2. The van der Waals surface area contributed by atoms with Crippen LogP contribution in [0, 0.1) is 5.41 Å². The molecule has 1 atom stereocenters. The van der Waals surface area contributed by atoms with Crippen LogP contribution in [0.4, 0.5) is 17.3 Å². The van der Waals surface area contributed by atoms with Gasteiger partial charge in [0.05, 0.1) is 35.8 Å². The maximum atomic E-state index is 12.9. The number of anilines is 3. The maximum Gasteiger partial charge on any atom is 0.336 e. The minimum absolute atomic E-state index is 0.0248. The van der Waals surface area contributed by atoms with Crippen molar-refractivity contribution in [2.75, 3.05) is 23.5 Å². The minimum Gasteiger partial charge on any atom is -0.480 e. The molecule has 1 aliphatic carbocycles. The van der Waals surface area contributed by atoms with E-state index in [4.69, 9.17) is 26.1 Å². The van der Waals surface area contributed by atoms with Gasteiger partial charge in [-0.2, -0.15) is 4.98 Å². The Morgan fingerprint density at radius 1 is 0.908 bits per heavy atom. The molecule has 0 radical (unpaired) electrons. The smallest absolute Gasteiger partial charge is 0.336 e. The molecule has 2 aromatic heterocycles. The molecule has 21 heteroatoms. The van der Waals surface area contributed by atoms with Gasteiger partial charge in [-0.05, 0) is 72.1 Å². The van der Waals surface area contributed by atoms with Crippen molar-refractivity contribution < 1.29 is 43.4 Å². The number of hydrogen-bond donors (Lipinski definition) is 10. The van der Waals surface area contributed by atoms with E-state index in [1.807, 2.05) is 0 Å². The van der Waals surface area contributed by atoms with Crippen LogP contribution in [0.5, 0.6) is 0 Å². The predicted octanol–water partition coefficient (Wildman–Crippen LogP) is 3.31. The molecule has 12 N–H and O–H groups in total.